The first-order chi connectivity index (χ1) is 13.3. The Morgan fingerprint density at radius 3 is 2.50 bits per heavy atom. The summed E-state index contributed by atoms with van der Waals surface area (Å²) >= 11 is 0. The number of ether oxygens (including phenoxy) is 1. The van der Waals surface area contributed by atoms with Gasteiger partial charge in [-0.05, 0) is 33.1 Å². The van der Waals surface area contributed by atoms with Crippen molar-refractivity contribution in [2.45, 2.75) is 57.2 Å². The van der Waals surface area contributed by atoms with Gasteiger partial charge in [-0.15, -0.1) is 0 Å². The standard InChI is InChI=1S/C20H25N3O5/c1-20(2)18(26)23(19(27)22-20)12-6-9-15(24)28-16(13-7-4-3-5-8-13)17(25)21-14-10-11-14/h3-5,7-8,14,16H,6,9-12H2,1-2H3,(H,21,25)(H,22,27). The second-order valence-electron chi connectivity index (χ2n) is 7.68. The molecule has 28 heavy (non-hydrogen) atoms. The molecule has 2 fully saturated rings. The predicted octanol–water partition coefficient (Wildman–Crippen LogP) is 1.66. The lowest BCUT2D eigenvalue weighted by Gasteiger charge is -2.19. The molecule has 1 saturated heterocycles. The minimum absolute atomic E-state index is 0.00245. The average molecular weight is 387 g/mol. The summed E-state index contributed by atoms with van der Waals surface area (Å²) in [7, 11) is 0. The maximum atomic E-state index is 12.5. The molecule has 1 saturated carbocycles. The van der Waals surface area contributed by atoms with E-state index in [1.54, 1.807) is 38.1 Å². The van der Waals surface area contributed by atoms with Crippen LogP contribution in [0.1, 0.15) is 51.2 Å². The molecule has 0 radical (unpaired) electrons. The Balaban J connectivity index is 1.54. The van der Waals surface area contributed by atoms with Crippen LogP contribution in [0.3, 0.4) is 0 Å². The van der Waals surface area contributed by atoms with Gasteiger partial charge in [-0.1, -0.05) is 30.3 Å². The number of urea groups is 1. The van der Waals surface area contributed by atoms with Crippen LogP contribution in [0.4, 0.5) is 4.79 Å². The van der Waals surface area contributed by atoms with E-state index >= 15 is 0 Å². The van der Waals surface area contributed by atoms with E-state index in [-0.39, 0.29) is 37.2 Å². The topological polar surface area (TPSA) is 105 Å². The van der Waals surface area contributed by atoms with E-state index < -0.39 is 23.6 Å². The molecule has 1 unspecified atom stereocenters. The molecule has 1 aromatic rings. The molecule has 1 aliphatic heterocycles. The number of hydrogen-bond donors (Lipinski definition) is 2. The summed E-state index contributed by atoms with van der Waals surface area (Å²) < 4.78 is 5.43. The average Bonchev–Trinajstić information content (AvgIpc) is 3.43. The van der Waals surface area contributed by atoms with Crippen LogP contribution in [-0.2, 0) is 19.1 Å². The Morgan fingerprint density at radius 2 is 1.93 bits per heavy atom. The molecule has 0 spiro atoms. The Morgan fingerprint density at radius 1 is 1.25 bits per heavy atom. The van der Waals surface area contributed by atoms with E-state index in [4.69, 9.17) is 4.74 Å². The summed E-state index contributed by atoms with van der Waals surface area (Å²) in [4.78, 5) is 49.9. The van der Waals surface area contributed by atoms with Gasteiger partial charge in [0.2, 0.25) is 6.10 Å². The summed E-state index contributed by atoms with van der Waals surface area (Å²) in [5, 5.41) is 5.45. The largest absolute Gasteiger partial charge is 0.447 e. The number of hydrogen-bond acceptors (Lipinski definition) is 5. The van der Waals surface area contributed by atoms with Gasteiger partial charge in [-0.25, -0.2) is 4.79 Å². The van der Waals surface area contributed by atoms with Gasteiger partial charge < -0.3 is 15.4 Å². The van der Waals surface area contributed by atoms with Crippen molar-refractivity contribution in [1.82, 2.24) is 15.5 Å². The van der Waals surface area contributed by atoms with E-state index in [9.17, 15) is 19.2 Å². The first-order valence-electron chi connectivity index (χ1n) is 9.47. The fourth-order valence-electron chi connectivity index (χ4n) is 3.00. The van der Waals surface area contributed by atoms with E-state index in [0.29, 0.717) is 5.56 Å². The first-order valence-corrected chi connectivity index (χ1v) is 9.47. The highest BCUT2D eigenvalue weighted by molar-refractivity contribution is 6.06. The predicted molar refractivity (Wildman–Crippen MR) is 100.0 cm³/mol. The van der Waals surface area contributed by atoms with Crippen molar-refractivity contribution in [2.24, 2.45) is 0 Å². The summed E-state index contributed by atoms with van der Waals surface area (Å²) in [6.07, 6.45) is 1.12. The fraction of sp³-hybridized carbons (Fsp3) is 0.500. The highest BCUT2D eigenvalue weighted by Crippen LogP contribution is 2.24. The number of esters is 1. The number of nitrogens with one attached hydrogen (secondary N) is 2. The van der Waals surface area contributed by atoms with Crippen LogP contribution in [0, 0.1) is 0 Å². The SMILES string of the molecule is CC1(C)NC(=O)N(CCCC(=O)OC(C(=O)NC2CC2)c2ccccc2)C1=O. The number of rotatable bonds is 8. The van der Waals surface area contributed by atoms with Gasteiger partial charge in [0, 0.05) is 24.6 Å². The lowest BCUT2D eigenvalue weighted by Crippen LogP contribution is -2.40. The molecule has 0 aromatic heterocycles. The van der Waals surface area contributed by atoms with Crippen LogP contribution in [0.25, 0.3) is 0 Å². The summed E-state index contributed by atoms with van der Waals surface area (Å²) in [6, 6.07) is 8.54. The van der Waals surface area contributed by atoms with Crippen molar-refractivity contribution >= 4 is 23.8 Å². The van der Waals surface area contributed by atoms with Crippen molar-refractivity contribution in [3.63, 3.8) is 0 Å². The van der Waals surface area contributed by atoms with Crippen LogP contribution in [0.15, 0.2) is 30.3 Å². The van der Waals surface area contributed by atoms with Crippen LogP contribution in [0.5, 0.6) is 0 Å². The zero-order valence-electron chi connectivity index (χ0n) is 16.1. The molecule has 8 nitrogen and oxygen atoms in total. The van der Waals surface area contributed by atoms with Crippen molar-refractivity contribution in [3.8, 4) is 0 Å². The van der Waals surface area contributed by atoms with E-state index in [0.717, 1.165) is 17.7 Å². The van der Waals surface area contributed by atoms with Crippen molar-refractivity contribution in [2.75, 3.05) is 6.54 Å². The summed E-state index contributed by atoms with van der Waals surface area (Å²) in [6.45, 7) is 3.38. The molecule has 4 amide bonds. The van der Waals surface area contributed by atoms with Gasteiger partial charge >= 0.3 is 12.0 Å². The molecule has 8 heteroatoms. The monoisotopic (exact) mass is 387 g/mol. The third-order valence-electron chi connectivity index (χ3n) is 4.72. The molecular formula is C20H25N3O5. The first kappa shape index (κ1) is 19.9. The smallest absolute Gasteiger partial charge is 0.325 e. The molecule has 3 rings (SSSR count). The second kappa shape index (κ2) is 8.00. The van der Waals surface area contributed by atoms with E-state index in [2.05, 4.69) is 10.6 Å². The number of carbonyl (C=O) groups is 4. The van der Waals surface area contributed by atoms with E-state index in [1.165, 1.54) is 0 Å². The van der Waals surface area contributed by atoms with Crippen LogP contribution < -0.4 is 10.6 Å². The maximum Gasteiger partial charge on any atom is 0.325 e. The van der Waals surface area contributed by atoms with Crippen molar-refractivity contribution in [1.29, 1.82) is 0 Å². The molecule has 1 aromatic carbocycles. The number of nitrogens with zero attached hydrogens (tertiary/aromatic N) is 1. The fourth-order valence-corrected chi connectivity index (χ4v) is 3.00. The zero-order valence-corrected chi connectivity index (χ0v) is 16.1. The van der Waals surface area contributed by atoms with Gasteiger partial charge in [0.1, 0.15) is 5.54 Å². The van der Waals surface area contributed by atoms with Gasteiger partial charge in [-0.3, -0.25) is 19.3 Å². The van der Waals surface area contributed by atoms with Gasteiger partial charge in [-0.2, -0.15) is 0 Å². The molecule has 0 bridgehead atoms. The Bertz CT molecular complexity index is 773. The third kappa shape index (κ3) is 4.68. The van der Waals surface area contributed by atoms with Crippen LogP contribution >= 0.6 is 0 Å². The molecule has 1 atom stereocenters. The summed E-state index contributed by atoms with van der Waals surface area (Å²) in [5.74, 6) is -1.21. The van der Waals surface area contributed by atoms with Crippen molar-refractivity contribution < 1.29 is 23.9 Å². The minimum Gasteiger partial charge on any atom is -0.447 e. The Hall–Kier alpha value is -2.90. The number of imide groups is 1. The zero-order chi connectivity index (χ0) is 20.3. The molecular weight excluding hydrogens is 362 g/mol. The van der Waals surface area contributed by atoms with E-state index in [1.807, 2.05) is 6.07 Å². The van der Waals surface area contributed by atoms with Crippen LogP contribution in [0.2, 0.25) is 0 Å². The Kier molecular flexibility index (Phi) is 5.67. The number of benzene rings is 1. The second-order valence-corrected chi connectivity index (χ2v) is 7.68. The van der Waals surface area contributed by atoms with Gasteiger partial charge in [0.15, 0.2) is 0 Å². The molecule has 150 valence electrons. The highest BCUT2D eigenvalue weighted by Gasteiger charge is 2.43. The number of carbonyl (C=O) groups excluding carboxylic acids is 4. The minimum atomic E-state index is -1.01. The molecule has 1 heterocycles. The van der Waals surface area contributed by atoms with Gasteiger partial charge in [0.25, 0.3) is 11.8 Å². The molecule has 2 aliphatic rings. The summed E-state index contributed by atoms with van der Waals surface area (Å²) in [5.41, 5.74) is -0.332. The Labute approximate surface area is 163 Å². The van der Waals surface area contributed by atoms with Gasteiger partial charge in [0.05, 0.1) is 0 Å². The quantitative estimate of drug-likeness (QED) is 0.521. The van der Waals surface area contributed by atoms with Crippen molar-refractivity contribution in [3.05, 3.63) is 35.9 Å². The lowest BCUT2D eigenvalue weighted by molar-refractivity contribution is -0.156. The molecule has 1 aliphatic carbocycles. The lowest BCUT2D eigenvalue weighted by atomic mass is 10.1. The third-order valence-corrected chi connectivity index (χ3v) is 4.72. The van der Waals surface area contributed by atoms with Crippen LogP contribution in [-0.4, -0.2) is 46.8 Å². The molecule has 2 N–H and O–H groups in total. The highest BCUT2D eigenvalue weighted by atomic mass is 16.5. The maximum absolute atomic E-state index is 12.5. The number of amides is 4. The normalized spacial score (nSPS) is 19.1.